The molecule has 0 bridgehead atoms. The molecule has 0 saturated heterocycles. The molecule has 1 amide bonds. The lowest BCUT2D eigenvalue weighted by atomic mass is 9.92. The van der Waals surface area contributed by atoms with Crippen molar-refractivity contribution in [3.63, 3.8) is 0 Å². The van der Waals surface area contributed by atoms with Gasteiger partial charge in [-0.25, -0.2) is 0 Å². The van der Waals surface area contributed by atoms with Gasteiger partial charge in [-0.05, 0) is 64.9 Å². The van der Waals surface area contributed by atoms with Crippen molar-refractivity contribution < 1.29 is 14.7 Å². The quantitative estimate of drug-likeness (QED) is 0.398. The number of rotatable bonds is 9. The summed E-state index contributed by atoms with van der Waals surface area (Å²) in [5.74, 6) is 0.768. The van der Waals surface area contributed by atoms with E-state index in [4.69, 9.17) is 4.74 Å². The Bertz CT molecular complexity index is 1040. The zero-order valence-corrected chi connectivity index (χ0v) is 20.0. The number of hydrogen-bond donors (Lipinski definition) is 2. The third kappa shape index (κ3) is 7.65. The lowest BCUT2D eigenvalue weighted by molar-refractivity contribution is 0.0949. The molecule has 3 rings (SSSR count). The first-order chi connectivity index (χ1) is 15.7. The van der Waals surface area contributed by atoms with Crippen LogP contribution in [0.25, 0.3) is 11.1 Å². The van der Waals surface area contributed by atoms with Crippen LogP contribution in [-0.4, -0.2) is 31.3 Å². The molecule has 33 heavy (non-hydrogen) atoms. The molecule has 0 unspecified atom stereocenters. The molecule has 3 aromatic rings. The van der Waals surface area contributed by atoms with Crippen molar-refractivity contribution in [3.8, 4) is 16.9 Å². The number of carbonyl (C=O) groups excluding carboxylic acids is 1. The number of nitrogens with one attached hydrogen (secondary N) is 1. The zero-order valence-electron chi connectivity index (χ0n) is 20.0. The van der Waals surface area contributed by atoms with Gasteiger partial charge in [0, 0.05) is 25.6 Å². The lowest BCUT2D eigenvalue weighted by Gasteiger charge is -2.18. The van der Waals surface area contributed by atoms with Crippen LogP contribution < -0.4 is 15.1 Å². The number of hydroxylamine groups is 1. The number of ether oxygens (including phenoxy) is 1. The minimum atomic E-state index is -0.0402. The van der Waals surface area contributed by atoms with Crippen LogP contribution in [0, 0.1) is 5.41 Å². The van der Waals surface area contributed by atoms with E-state index < -0.39 is 0 Å². The molecule has 0 saturated carbocycles. The van der Waals surface area contributed by atoms with Gasteiger partial charge in [-0.1, -0.05) is 57.2 Å². The fourth-order valence-corrected chi connectivity index (χ4v) is 3.40. The van der Waals surface area contributed by atoms with Gasteiger partial charge in [-0.2, -0.15) is 0 Å². The Labute approximate surface area is 197 Å². The van der Waals surface area contributed by atoms with Crippen molar-refractivity contribution in [2.75, 3.05) is 25.3 Å². The Morgan fingerprint density at radius 1 is 0.970 bits per heavy atom. The van der Waals surface area contributed by atoms with Crippen LogP contribution in [0.2, 0.25) is 0 Å². The molecule has 0 spiro atoms. The Morgan fingerprint density at radius 2 is 1.67 bits per heavy atom. The van der Waals surface area contributed by atoms with Gasteiger partial charge in [0.15, 0.2) is 0 Å². The van der Waals surface area contributed by atoms with E-state index in [1.807, 2.05) is 72.8 Å². The minimum absolute atomic E-state index is 0.0402. The molecule has 0 aliphatic rings. The molecule has 0 aromatic heterocycles. The van der Waals surface area contributed by atoms with Crippen LogP contribution in [0.1, 0.15) is 43.1 Å². The van der Waals surface area contributed by atoms with Gasteiger partial charge in [0.1, 0.15) is 5.75 Å². The smallest absolute Gasteiger partial charge is 0.251 e. The average Bonchev–Trinajstić information content (AvgIpc) is 2.79. The maximum absolute atomic E-state index is 12.4. The molecule has 0 radical (unpaired) electrons. The van der Waals surface area contributed by atoms with E-state index in [9.17, 15) is 10.0 Å². The topological polar surface area (TPSA) is 61.8 Å². The molecule has 3 aromatic carbocycles. The number of nitrogens with zero attached hydrogens (tertiary/aromatic N) is 1. The van der Waals surface area contributed by atoms with Crippen molar-refractivity contribution in [2.45, 2.75) is 33.6 Å². The molecule has 2 N–H and O–H groups in total. The summed E-state index contributed by atoms with van der Waals surface area (Å²) >= 11 is 0. The van der Waals surface area contributed by atoms with Gasteiger partial charge in [-0.15, -0.1) is 0 Å². The molecule has 0 atom stereocenters. The maximum atomic E-state index is 12.4. The van der Waals surface area contributed by atoms with E-state index in [1.54, 1.807) is 7.05 Å². The van der Waals surface area contributed by atoms with E-state index in [2.05, 4.69) is 26.1 Å². The molecule has 5 nitrogen and oxygen atoms in total. The van der Waals surface area contributed by atoms with E-state index in [-0.39, 0.29) is 11.3 Å². The molecule has 5 heteroatoms. The summed E-state index contributed by atoms with van der Waals surface area (Å²) in [5, 5.41) is 13.5. The lowest BCUT2D eigenvalue weighted by Crippen LogP contribution is -2.27. The number of hydrogen-bond acceptors (Lipinski definition) is 4. The Hall–Kier alpha value is -3.31. The highest BCUT2D eigenvalue weighted by molar-refractivity contribution is 5.94. The Kier molecular flexibility index (Phi) is 8.12. The van der Waals surface area contributed by atoms with Gasteiger partial charge in [0.05, 0.1) is 12.3 Å². The van der Waals surface area contributed by atoms with Crippen LogP contribution in [-0.2, 0) is 6.42 Å². The molecule has 0 aliphatic heterocycles. The monoisotopic (exact) mass is 446 g/mol. The summed E-state index contributed by atoms with van der Waals surface area (Å²) < 4.78 is 5.96. The van der Waals surface area contributed by atoms with Crippen molar-refractivity contribution in [1.29, 1.82) is 0 Å². The van der Waals surface area contributed by atoms with Gasteiger partial charge in [0.25, 0.3) is 5.91 Å². The summed E-state index contributed by atoms with van der Waals surface area (Å²) in [6.45, 7) is 7.73. The first-order valence-corrected chi connectivity index (χ1v) is 11.3. The summed E-state index contributed by atoms with van der Waals surface area (Å²) in [6, 6.07) is 23.4. The molecule has 0 heterocycles. The van der Waals surface area contributed by atoms with E-state index in [0.717, 1.165) is 46.0 Å². The van der Waals surface area contributed by atoms with Crippen LogP contribution >= 0.6 is 0 Å². The van der Waals surface area contributed by atoms with E-state index >= 15 is 0 Å². The fourth-order valence-electron chi connectivity index (χ4n) is 3.40. The molecule has 0 fully saturated rings. The van der Waals surface area contributed by atoms with Gasteiger partial charge >= 0.3 is 0 Å². The number of amides is 1. The van der Waals surface area contributed by atoms with Gasteiger partial charge in [-0.3, -0.25) is 15.1 Å². The standard InChI is InChI=1S/C28H34N2O3/c1-28(2,3)17-18-29-27(31)23-12-10-22(11-13-23)24-6-5-7-26(20-24)33-19-16-21-8-14-25(15-9-21)30(4)32/h5-15,20,32H,16-19H2,1-4H3,(H,29,31). The van der Waals surface area contributed by atoms with Gasteiger partial charge in [0.2, 0.25) is 0 Å². The first-order valence-electron chi connectivity index (χ1n) is 11.3. The predicted molar refractivity (Wildman–Crippen MR) is 134 cm³/mol. The highest BCUT2D eigenvalue weighted by Crippen LogP contribution is 2.25. The highest BCUT2D eigenvalue weighted by Gasteiger charge is 2.11. The third-order valence-corrected chi connectivity index (χ3v) is 5.44. The second-order valence-electron chi connectivity index (χ2n) is 9.46. The summed E-state index contributed by atoms with van der Waals surface area (Å²) in [7, 11) is 1.60. The Morgan fingerprint density at radius 3 is 2.30 bits per heavy atom. The Balaban J connectivity index is 1.54. The average molecular weight is 447 g/mol. The van der Waals surface area contributed by atoms with Crippen molar-refractivity contribution >= 4 is 11.6 Å². The zero-order chi connectivity index (χ0) is 23.8. The minimum Gasteiger partial charge on any atom is -0.493 e. The van der Waals surface area contributed by atoms with Crippen LogP contribution in [0.5, 0.6) is 5.75 Å². The van der Waals surface area contributed by atoms with Crippen LogP contribution in [0.15, 0.2) is 72.8 Å². The number of anilines is 1. The van der Waals surface area contributed by atoms with Crippen LogP contribution in [0.4, 0.5) is 5.69 Å². The number of carbonyl (C=O) groups is 1. The second-order valence-corrected chi connectivity index (χ2v) is 9.46. The SMILES string of the molecule is CN(O)c1ccc(CCOc2cccc(-c3ccc(C(=O)NCCC(C)(C)C)cc3)c2)cc1. The maximum Gasteiger partial charge on any atom is 0.251 e. The van der Waals surface area contributed by atoms with Crippen molar-refractivity contribution in [1.82, 2.24) is 5.32 Å². The first kappa shape index (κ1) is 24.3. The highest BCUT2D eigenvalue weighted by atomic mass is 16.5. The summed E-state index contributed by atoms with van der Waals surface area (Å²) in [6.07, 6.45) is 1.72. The molecule has 0 aliphatic carbocycles. The molecule has 174 valence electrons. The second kappa shape index (κ2) is 11.0. The van der Waals surface area contributed by atoms with Crippen LogP contribution in [0.3, 0.4) is 0 Å². The summed E-state index contributed by atoms with van der Waals surface area (Å²) in [4.78, 5) is 12.4. The van der Waals surface area contributed by atoms with E-state index in [1.165, 1.54) is 0 Å². The predicted octanol–water partition coefficient (Wildman–Crippen LogP) is 5.97. The fraction of sp³-hybridized carbons (Fsp3) is 0.321. The number of benzene rings is 3. The van der Waals surface area contributed by atoms with Gasteiger partial charge < -0.3 is 10.1 Å². The summed E-state index contributed by atoms with van der Waals surface area (Å²) in [5.41, 5.74) is 4.84. The van der Waals surface area contributed by atoms with E-state index in [0.29, 0.717) is 18.7 Å². The third-order valence-electron chi connectivity index (χ3n) is 5.44. The normalized spacial score (nSPS) is 11.2. The van der Waals surface area contributed by atoms with Crippen molar-refractivity contribution in [3.05, 3.63) is 83.9 Å². The largest absolute Gasteiger partial charge is 0.493 e. The molecular weight excluding hydrogens is 412 g/mol. The van der Waals surface area contributed by atoms with Crippen molar-refractivity contribution in [2.24, 2.45) is 5.41 Å². The molecular formula is C28H34N2O3.